The van der Waals surface area contributed by atoms with Gasteiger partial charge in [0, 0.05) is 4.91 Å². The molecule has 0 aromatic heterocycles. The Kier molecular flexibility index (Phi) is 7.68. The maximum atomic E-state index is 13.6. The minimum atomic E-state index is -1.87. The van der Waals surface area contributed by atoms with Gasteiger partial charge in [0.1, 0.15) is 5.54 Å². The van der Waals surface area contributed by atoms with Crippen LogP contribution in [0, 0.1) is 5.41 Å². The van der Waals surface area contributed by atoms with E-state index in [4.69, 9.17) is 18.9 Å². The molecule has 1 fully saturated rings. The molecule has 0 amide bonds. The number of ether oxygens (including phenoxy) is 4. The maximum Gasteiger partial charge on any atom is 0.324 e. The molecule has 9 nitrogen and oxygen atoms in total. The van der Waals surface area contributed by atoms with E-state index in [2.05, 4.69) is 10.0 Å². The average molecular weight is 468 g/mol. The third-order valence-corrected chi connectivity index (χ3v) is 6.39. The van der Waals surface area contributed by atoms with Gasteiger partial charge in [0.15, 0.2) is 16.9 Å². The average Bonchev–Trinajstić information content (AvgIpc) is 3.22. The number of azide groups is 1. The van der Waals surface area contributed by atoms with E-state index in [-0.39, 0.29) is 32.0 Å². The van der Waals surface area contributed by atoms with Crippen molar-refractivity contribution < 1.29 is 28.5 Å². The van der Waals surface area contributed by atoms with Crippen LogP contribution in [0.4, 0.5) is 0 Å². The van der Waals surface area contributed by atoms with Crippen LogP contribution < -0.4 is 9.47 Å². The number of hydrogen-bond donors (Lipinski definition) is 0. The summed E-state index contributed by atoms with van der Waals surface area (Å²) < 4.78 is 21.6. The zero-order chi connectivity index (χ0) is 24.8. The van der Waals surface area contributed by atoms with E-state index in [0.29, 0.717) is 17.1 Å². The Bertz CT molecular complexity index is 1070. The lowest BCUT2D eigenvalue weighted by Gasteiger charge is -2.38. The second-order valence-electron chi connectivity index (χ2n) is 7.98. The van der Waals surface area contributed by atoms with Crippen LogP contribution in [-0.2, 0) is 24.6 Å². The lowest BCUT2D eigenvalue weighted by atomic mass is 9.68. The SMILES string of the molecule is CCOC(=O)C1(C(=O)OCC)C[C@H](c2ccc(OC)c(OC)c2)C[C@]1(N=[N+]=[N-])c1ccccc1. The highest BCUT2D eigenvalue weighted by Crippen LogP contribution is 2.62. The van der Waals surface area contributed by atoms with Gasteiger partial charge in [0.2, 0.25) is 0 Å². The molecule has 1 aliphatic rings. The minimum Gasteiger partial charge on any atom is -0.493 e. The first-order valence-corrected chi connectivity index (χ1v) is 11.1. The van der Waals surface area contributed by atoms with Gasteiger partial charge in [0.25, 0.3) is 0 Å². The molecule has 2 atom stereocenters. The molecule has 3 rings (SSSR count). The number of methoxy groups -OCH3 is 2. The Morgan fingerprint density at radius 2 is 1.59 bits per heavy atom. The van der Waals surface area contributed by atoms with Crippen molar-refractivity contribution in [1.29, 1.82) is 0 Å². The van der Waals surface area contributed by atoms with Gasteiger partial charge in [0.05, 0.1) is 27.4 Å². The lowest BCUT2D eigenvalue weighted by Crippen LogP contribution is -2.53. The first-order chi connectivity index (χ1) is 16.4. The number of carbonyl (C=O) groups is 2. The summed E-state index contributed by atoms with van der Waals surface area (Å²) in [6, 6.07) is 14.3. The number of hydrogen-bond acceptors (Lipinski definition) is 7. The Balaban J connectivity index is 2.30. The van der Waals surface area contributed by atoms with E-state index in [0.717, 1.165) is 5.56 Å². The van der Waals surface area contributed by atoms with Crippen molar-refractivity contribution in [2.75, 3.05) is 27.4 Å². The zero-order valence-electron chi connectivity index (χ0n) is 19.8. The number of carbonyl (C=O) groups excluding carboxylic acids is 2. The Morgan fingerprint density at radius 1 is 0.971 bits per heavy atom. The highest BCUT2D eigenvalue weighted by atomic mass is 16.6. The van der Waals surface area contributed by atoms with Crippen molar-refractivity contribution in [1.82, 2.24) is 0 Å². The smallest absolute Gasteiger partial charge is 0.324 e. The molecule has 2 aromatic carbocycles. The molecule has 0 aliphatic heterocycles. The van der Waals surface area contributed by atoms with Crippen molar-refractivity contribution in [2.45, 2.75) is 38.1 Å². The van der Waals surface area contributed by atoms with Crippen LogP contribution in [0.1, 0.15) is 43.7 Å². The van der Waals surface area contributed by atoms with Gasteiger partial charge in [-0.05, 0) is 61.4 Å². The maximum absolute atomic E-state index is 13.6. The fraction of sp³-hybridized carbons (Fsp3) is 0.440. The van der Waals surface area contributed by atoms with Crippen LogP contribution in [0.15, 0.2) is 53.6 Å². The molecule has 180 valence electrons. The highest BCUT2D eigenvalue weighted by molar-refractivity contribution is 6.03. The van der Waals surface area contributed by atoms with Crippen molar-refractivity contribution in [3.8, 4) is 11.5 Å². The first kappa shape index (κ1) is 24.9. The minimum absolute atomic E-state index is 0.0358. The summed E-state index contributed by atoms with van der Waals surface area (Å²) in [5, 5.41) is 4.16. The summed E-state index contributed by atoms with van der Waals surface area (Å²) in [6.45, 7) is 3.44. The summed E-state index contributed by atoms with van der Waals surface area (Å²) in [5.74, 6) is -0.825. The van der Waals surface area contributed by atoms with E-state index >= 15 is 0 Å². The molecule has 1 saturated carbocycles. The number of benzene rings is 2. The van der Waals surface area contributed by atoms with Crippen LogP contribution >= 0.6 is 0 Å². The molecule has 0 bridgehead atoms. The molecule has 0 saturated heterocycles. The third kappa shape index (κ3) is 4.03. The fourth-order valence-corrected chi connectivity index (χ4v) is 4.92. The van der Waals surface area contributed by atoms with E-state index in [1.54, 1.807) is 51.3 Å². The normalized spacial score (nSPS) is 20.6. The number of rotatable bonds is 9. The van der Waals surface area contributed by atoms with E-state index in [9.17, 15) is 15.1 Å². The molecular formula is C25H29N3O6. The second kappa shape index (κ2) is 10.5. The summed E-state index contributed by atoms with van der Waals surface area (Å²) in [4.78, 5) is 30.3. The molecule has 9 heteroatoms. The predicted molar refractivity (Wildman–Crippen MR) is 124 cm³/mol. The Hall–Kier alpha value is -3.71. The fourth-order valence-electron chi connectivity index (χ4n) is 4.92. The predicted octanol–water partition coefficient (Wildman–Crippen LogP) is 4.90. The zero-order valence-corrected chi connectivity index (χ0v) is 19.8. The first-order valence-electron chi connectivity index (χ1n) is 11.1. The molecule has 0 unspecified atom stereocenters. The van der Waals surface area contributed by atoms with E-state index in [1.807, 2.05) is 18.2 Å². The van der Waals surface area contributed by atoms with Gasteiger partial charge in [-0.1, -0.05) is 41.5 Å². The Morgan fingerprint density at radius 3 is 2.12 bits per heavy atom. The van der Waals surface area contributed by atoms with Gasteiger partial charge < -0.3 is 18.9 Å². The van der Waals surface area contributed by atoms with Crippen molar-refractivity contribution in [3.05, 3.63) is 70.1 Å². The molecule has 0 heterocycles. The summed E-state index contributed by atoms with van der Waals surface area (Å²) >= 11 is 0. The lowest BCUT2D eigenvalue weighted by molar-refractivity contribution is -0.176. The van der Waals surface area contributed by atoms with E-state index < -0.39 is 22.9 Å². The van der Waals surface area contributed by atoms with Crippen molar-refractivity contribution in [3.63, 3.8) is 0 Å². The monoisotopic (exact) mass is 467 g/mol. The van der Waals surface area contributed by atoms with Crippen LogP contribution in [0.25, 0.3) is 10.4 Å². The van der Waals surface area contributed by atoms with Gasteiger partial charge in [-0.25, -0.2) is 0 Å². The Labute approximate surface area is 198 Å². The number of nitrogens with zero attached hydrogens (tertiary/aromatic N) is 3. The molecule has 0 radical (unpaired) electrons. The molecule has 2 aromatic rings. The molecule has 0 N–H and O–H groups in total. The van der Waals surface area contributed by atoms with Gasteiger partial charge in [-0.2, -0.15) is 0 Å². The van der Waals surface area contributed by atoms with Crippen LogP contribution in [0.3, 0.4) is 0 Å². The van der Waals surface area contributed by atoms with Gasteiger partial charge >= 0.3 is 11.9 Å². The van der Waals surface area contributed by atoms with E-state index in [1.165, 1.54) is 7.11 Å². The molecule has 1 aliphatic carbocycles. The quantitative estimate of drug-likeness (QED) is 0.170. The van der Waals surface area contributed by atoms with Crippen LogP contribution in [-0.4, -0.2) is 39.4 Å². The van der Waals surface area contributed by atoms with Crippen LogP contribution in [0.2, 0.25) is 0 Å². The summed E-state index contributed by atoms with van der Waals surface area (Å²) in [6.07, 6.45) is 0.224. The number of esters is 2. The van der Waals surface area contributed by atoms with Crippen molar-refractivity contribution >= 4 is 11.9 Å². The van der Waals surface area contributed by atoms with Gasteiger partial charge in [-0.3, -0.25) is 9.59 Å². The third-order valence-electron chi connectivity index (χ3n) is 6.39. The largest absolute Gasteiger partial charge is 0.493 e. The molecular weight excluding hydrogens is 438 g/mol. The summed E-state index contributed by atoms with van der Waals surface area (Å²) in [7, 11) is 3.08. The topological polar surface area (TPSA) is 120 Å². The van der Waals surface area contributed by atoms with Gasteiger partial charge in [-0.15, -0.1) is 0 Å². The summed E-state index contributed by atoms with van der Waals surface area (Å²) in [5.41, 5.74) is 7.55. The molecule has 34 heavy (non-hydrogen) atoms. The van der Waals surface area contributed by atoms with Crippen molar-refractivity contribution in [2.24, 2.45) is 10.5 Å². The molecule has 0 spiro atoms. The standard InChI is InChI=1S/C25H29N3O6/c1-5-33-22(29)24(23(30)34-6-2)15-18(17-12-13-20(31-3)21(14-17)32-4)16-25(24,27-28-26)19-10-8-7-9-11-19/h7-14,18H,5-6,15-16H2,1-4H3/t18-,25-/m0/s1. The van der Waals surface area contributed by atoms with Crippen LogP contribution in [0.5, 0.6) is 11.5 Å². The highest BCUT2D eigenvalue weighted by Gasteiger charge is 2.69. The second-order valence-corrected chi connectivity index (χ2v) is 7.98.